The zero-order valence-electron chi connectivity index (χ0n) is 31.3. The van der Waals surface area contributed by atoms with Crippen LogP contribution in [0.1, 0.15) is 96.5 Å². The van der Waals surface area contributed by atoms with E-state index in [2.05, 4.69) is 22.0 Å². The largest absolute Gasteiger partial charge is 0.378 e. The van der Waals surface area contributed by atoms with E-state index in [0.717, 1.165) is 24.5 Å². The van der Waals surface area contributed by atoms with Crippen molar-refractivity contribution in [2.75, 3.05) is 6.26 Å². The third-order valence-electron chi connectivity index (χ3n) is 10.2. The van der Waals surface area contributed by atoms with Crippen LogP contribution in [-0.2, 0) is 46.3 Å². The van der Waals surface area contributed by atoms with E-state index >= 15 is 8.78 Å². The first-order chi connectivity index (χ1) is 27.0. The molecule has 0 aliphatic heterocycles. The number of alkyl halides is 6. The standard InChI is InChI=1S/C40H35F8N5O4S/c1-39(2,55)10-9-23-5-6-25(26-7-8-27(37(43)44)31-30(18-58(4,56)57)50-52(3)35(26)31)33(49-23)20(11-19-12-21(41)15-22(42)13-19)14-24(54)17-53-36-32(34(51-53)38(45)46)28-16-29(28)40(36,47)48/h5-8,12-13,15,20,28-29,37-38,55H,11,14,16-18H2,1-4H3/t20-,28+,29-/m1/s1. The van der Waals surface area contributed by atoms with E-state index < -0.39 is 105 Å². The Bertz CT molecular complexity index is 2640. The third kappa shape index (κ3) is 7.98. The molecule has 1 N–H and O–H groups in total. The Balaban J connectivity index is 1.41. The zero-order chi connectivity index (χ0) is 42.2. The first kappa shape index (κ1) is 41.0. The van der Waals surface area contributed by atoms with Crippen LogP contribution in [0.4, 0.5) is 35.1 Å². The van der Waals surface area contributed by atoms with Gasteiger partial charge < -0.3 is 5.11 Å². The van der Waals surface area contributed by atoms with Gasteiger partial charge in [0.1, 0.15) is 40.9 Å². The van der Waals surface area contributed by atoms with Gasteiger partial charge in [-0.3, -0.25) is 14.2 Å². The monoisotopic (exact) mass is 833 g/mol. The van der Waals surface area contributed by atoms with E-state index in [9.17, 15) is 44.7 Å². The number of sulfone groups is 1. The molecule has 3 heterocycles. The minimum absolute atomic E-state index is 0.00471. The summed E-state index contributed by atoms with van der Waals surface area (Å²) in [4.78, 5) is 18.7. The Hall–Kier alpha value is -5.15. The third-order valence-corrected chi connectivity index (χ3v) is 11.0. The molecule has 2 aliphatic carbocycles. The van der Waals surface area contributed by atoms with Crippen molar-refractivity contribution < 1.29 is 53.4 Å². The van der Waals surface area contributed by atoms with Gasteiger partial charge in [0.15, 0.2) is 15.6 Å². The molecule has 1 fully saturated rings. The van der Waals surface area contributed by atoms with Gasteiger partial charge in [0.2, 0.25) is 0 Å². The number of nitrogens with zero attached hydrogens (tertiary/aromatic N) is 5. The Morgan fingerprint density at radius 3 is 2.29 bits per heavy atom. The molecule has 0 amide bonds. The Kier molecular flexibility index (Phi) is 10.3. The summed E-state index contributed by atoms with van der Waals surface area (Å²) in [6, 6.07) is 7.98. The number of pyridine rings is 1. The van der Waals surface area contributed by atoms with E-state index in [1.807, 2.05) is 0 Å². The van der Waals surface area contributed by atoms with E-state index in [4.69, 9.17) is 4.98 Å². The van der Waals surface area contributed by atoms with Crippen LogP contribution in [0.2, 0.25) is 0 Å². The van der Waals surface area contributed by atoms with E-state index in [-0.39, 0.29) is 63.1 Å². The fraction of sp³-hybridized carbons (Fsp3) is 0.400. The van der Waals surface area contributed by atoms with Crippen LogP contribution in [0.3, 0.4) is 0 Å². The van der Waals surface area contributed by atoms with Crippen molar-refractivity contribution in [3.8, 4) is 23.0 Å². The number of Topliss-reactive ketones (excluding diaryl/α,β-unsaturated/α-hetero) is 1. The lowest BCUT2D eigenvalue weighted by atomic mass is 9.85. The normalized spacial score (nSPS) is 17.7. The number of hydrogen-bond acceptors (Lipinski definition) is 7. The maximum absolute atomic E-state index is 15.4. The minimum atomic E-state index is -3.78. The fourth-order valence-electron chi connectivity index (χ4n) is 7.94. The van der Waals surface area contributed by atoms with Crippen molar-refractivity contribution in [3.63, 3.8) is 0 Å². The van der Waals surface area contributed by atoms with E-state index in [1.165, 1.54) is 43.8 Å². The first-order valence-corrected chi connectivity index (χ1v) is 20.0. The van der Waals surface area contributed by atoms with Crippen LogP contribution in [-0.4, -0.2) is 55.7 Å². The second-order valence-corrected chi connectivity index (χ2v) is 17.5. The molecule has 0 unspecified atom stereocenters. The fourth-order valence-corrected chi connectivity index (χ4v) is 8.64. The molecule has 306 valence electrons. The molecule has 0 saturated heterocycles. The molecule has 5 aromatic rings. The highest BCUT2D eigenvalue weighted by atomic mass is 32.2. The highest BCUT2D eigenvalue weighted by Crippen LogP contribution is 2.68. The van der Waals surface area contributed by atoms with Crippen molar-refractivity contribution in [1.29, 1.82) is 0 Å². The topological polar surface area (TPSA) is 120 Å². The lowest BCUT2D eigenvalue weighted by Gasteiger charge is -2.22. The molecule has 2 aromatic carbocycles. The quantitative estimate of drug-likeness (QED) is 0.101. The van der Waals surface area contributed by atoms with Gasteiger partial charge in [-0.05, 0) is 68.4 Å². The SMILES string of the molecule is Cn1nc(CS(C)(=O)=O)c2c(C(F)F)ccc(-c3ccc(C#CC(C)(C)O)nc3[C@@H](CC(=O)Cn3nc(C(F)F)c4c3C(F)(F)[C@@H]3C[C@H]43)Cc3cc(F)cc(F)c3)c21. The van der Waals surface area contributed by atoms with Crippen LogP contribution < -0.4 is 0 Å². The lowest BCUT2D eigenvalue weighted by molar-refractivity contribution is -0.120. The number of ketones is 1. The summed E-state index contributed by atoms with van der Waals surface area (Å²) < 4.78 is 144. The molecular formula is C40H35F8N5O4S. The van der Waals surface area contributed by atoms with Crippen LogP contribution in [0.5, 0.6) is 0 Å². The second kappa shape index (κ2) is 14.6. The van der Waals surface area contributed by atoms with Gasteiger partial charge in [-0.15, -0.1) is 0 Å². The van der Waals surface area contributed by atoms with Crippen molar-refractivity contribution >= 4 is 26.5 Å². The van der Waals surface area contributed by atoms with Crippen molar-refractivity contribution in [3.05, 3.63) is 99.3 Å². The highest BCUT2D eigenvalue weighted by molar-refractivity contribution is 7.89. The predicted octanol–water partition coefficient (Wildman–Crippen LogP) is 7.85. The van der Waals surface area contributed by atoms with Crippen molar-refractivity contribution in [2.45, 2.75) is 81.6 Å². The first-order valence-electron chi connectivity index (χ1n) is 18.0. The Morgan fingerprint density at radius 1 is 1.00 bits per heavy atom. The average molecular weight is 834 g/mol. The summed E-state index contributed by atoms with van der Waals surface area (Å²) in [5, 5.41) is 18.2. The van der Waals surface area contributed by atoms with Gasteiger partial charge in [-0.25, -0.2) is 39.7 Å². The van der Waals surface area contributed by atoms with Gasteiger partial charge in [0, 0.05) is 65.3 Å². The summed E-state index contributed by atoms with van der Waals surface area (Å²) in [7, 11) is -2.37. The number of halogens is 8. The molecule has 7 rings (SSSR count). The van der Waals surface area contributed by atoms with Crippen molar-refractivity contribution in [1.82, 2.24) is 24.5 Å². The number of benzene rings is 2. The lowest BCUT2D eigenvalue weighted by Crippen LogP contribution is -2.24. The van der Waals surface area contributed by atoms with Crippen LogP contribution in [0, 0.1) is 29.4 Å². The summed E-state index contributed by atoms with van der Waals surface area (Å²) >= 11 is 0. The molecule has 2 aliphatic rings. The van der Waals surface area contributed by atoms with Gasteiger partial charge in [-0.2, -0.15) is 19.0 Å². The number of aliphatic hydroxyl groups is 1. The Labute approximate surface area is 327 Å². The number of carbonyl (C=O) groups is 1. The predicted molar refractivity (Wildman–Crippen MR) is 195 cm³/mol. The smallest absolute Gasteiger partial charge is 0.293 e. The molecule has 58 heavy (non-hydrogen) atoms. The maximum Gasteiger partial charge on any atom is 0.293 e. The average Bonchev–Trinajstić information content (AvgIpc) is 3.65. The highest BCUT2D eigenvalue weighted by Gasteiger charge is 2.67. The zero-order valence-corrected chi connectivity index (χ0v) is 32.1. The summed E-state index contributed by atoms with van der Waals surface area (Å²) in [6.45, 7) is 1.95. The number of carbonyl (C=O) groups excluding carboxylic acids is 1. The maximum atomic E-state index is 15.4. The van der Waals surface area contributed by atoms with Gasteiger partial charge in [0.05, 0.1) is 22.7 Å². The molecule has 0 bridgehead atoms. The molecular weight excluding hydrogens is 799 g/mol. The summed E-state index contributed by atoms with van der Waals surface area (Å²) in [5.41, 5.74) is -3.52. The van der Waals surface area contributed by atoms with Crippen LogP contribution in [0.25, 0.3) is 22.0 Å². The van der Waals surface area contributed by atoms with E-state index in [0.29, 0.717) is 10.7 Å². The van der Waals surface area contributed by atoms with Gasteiger partial charge >= 0.3 is 0 Å². The van der Waals surface area contributed by atoms with Gasteiger partial charge in [0.25, 0.3) is 18.8 Å². The molecule has 3 aromatic heterocycles. The summed E-state index contributed by atoms with van der Waals surface area (Å²) in [6.07, 6.45) is -6.22. The second-order valence-electron chi connectivity index (χ2n) is 15.4. The van der Waals surface area contributed by atoms with E-state index in [1.54, 1.807) is 0 Å². The number of aromatic nitrogens is 5. The molecule has 0 radical (unpaired) electrons. The number of rotatable bonds is 12. The molecule has 18 heteroatoms. The number of fused-ring (bicyclic) bond motifs is 4. The number of hydrogen-bond donors (Lipinski definition) is 1. The summed E-state index contributed by atoms with van der Waals surface area (Å²) in [5.74, 6) is -4.74. The van der Waals surface area contributed by atoms with Gasteiger partial charge in [-0.1, -0.05) is 18.1 Å². The number of aryl methyl sites for hydroxylation is 1. The van der Waals surface area contributed by atoms with Crippen LogP contribution >= 0.6 is 0 Å². The Morgan fingerprint density at radius 2 is 1.67 bits per heavy atom. The molecule has 9 nitrogen and oxygen atoms in total. The van der Waals surface area contributed by atoms with Crippen LogP contribution in [0.15, 0.2) is 42.5 Å². The van der Waals surface area contributed by atoms with Crippen molar-refractivity contribution in [2.24, 2.45) is 13.0 Å². The molecule has 0 spiro atoms. The molecule has 1 saturated carbocycles. The minimum Gasteiger partial charge on any atom is -0.378 e. The molecule has 3 atom stereocenters.